The van der Waals surface area contributed by atoms with Crippen molar-refractivity contribution in [2.75, 3.05) is 6.54 Å². The molecule has 1 unspecified atom stereocenters. The van der Waals surface area contributed by atoms with Gasteiger partial charge in [0.15, 0.2) is 0 Å². The topological polar surface area (TPSA) is 58.9 Å². The molecule has 4 nitrogen and oxygen atoms in total. The van der Waals surface area contributed by atoms with Crippen LogP contribution in [0.15, 0.2) is 22.1 Å². The van der Waals surface area contributed by atoms with Crippen LogP contribution in [0.4, 0.5) is 0 Å². The van der Waals surface area contributed by atoms with Crippen molar-refractivity contribution in [1.82, 2.24) is 0 Å². The molecule has 0 saturated carbocycles. The van der Waals surface area contributed by atoms with E-state index in [4.69, 9.17) is 0 Å². The Morgan fingerprint density at radius 2 is 2.18 bits per heavy atom. The summed E-state index contributed by atoms with van der Waals surface area (Å²) in [5.74, 6) is 0. The van der Waals surface area contributed by atoms with Crippen molar-refractivity contribution in [3.8, 4) is 0 Å². The van der Waals surface area contributed by atoms with Gasteiger partial charge in [0.1, 0.15) is 0 Å². The molecule has 0 aliphatic rings. The molecule has 0 aromatic carbocycles. The SMILES string of the molecule is CC(C=CCN=C=O)N=C=O. The first kappa shape index (κ1) is 9.50. The number of aliphatic imine (C=N–C) groups is 2. The standard InChI is InChI=1S/C7H8N2O2/c1-7(9-6-11)3-2-4-8-5-10/h2-3,7H,4H2,1H3. The molecule has 0 aliphatic carbocycles. The number of nitrogens with zero attached hydrogens (tertiary/aromatic N) is 2. The van der Waals surface area contributed by atoms with Crippen LogP contribution < -0.4 is 0 Å². The van der Waals surface area contributed by atoms with Gasteiger partial charge in [-0.2, -0.15) is 4.99 Å². The summed E-state index contributed by atoms with van der Waals surface area (Å²) in [4.78, 5) is 25.9. The molecule has 0 bridgehead atoms. The largest absolute Gasteiger partial charge is 0.235 e. The molecule has 0 spiro atoms. The van der Waals surface area contributed by atoms with E-state index in [1.807, 2.05) is 0 Å². The average molecular weight is 152 g/mol. The van der Waals surface area contributed by atoms with Crippen molar-refractivity contribution in [2.24, 2.45) is 9.98 Å². The summed E-state index contributed by atoms with van der Waals surface area (Å²) in [7, 11) is 0. The average Bonchev–Trinajstić information content (AvgIpc) is 1.99. The lowest BCUT2D eigenvalue weighted by molar-refractivity contribution is 0.561. The summed E-state index contributed by atoms with van der Waals surface area (Å²) in [6, 6.07) is -0.200. The van der Waals surface area contributed by atoms with E-state index >= 15 is 0 Å². The molecule has 0 saturated heterocycles. The van der Waals surface area contributed by atoms with Crippen molar-refractivity contribution < 1.29 is 9.59 Å². The Morgan fingerprint density at radius 3 is 2.73 bits per heavy atom. The van der Waals surface area contributed by atoms with Crippen molar-refractivity contribution in [2.45, 2.75) is 13.0 Å². The minimum absolute atomic E-state index is 0.200. The number of carbonyl (C=O) groups excluding carboxylic acids is 2. The van der Waals surface area contributed by atoms with Crippen molar-refractivity contribution in [1.29, 1.82) is 0 Å². The summed E-state index contributed by atoms with van der Waals surface area (Å²) in [5.41, 5.74) is 0. The monoisotopic (exact) mass is 152 g/mol. The highest BCUT2D eigenvalue weighted by Gasteiger charge is 1.87. The molecule has 11 heavy (non-hydrogen) atoms. The smallest absolute Gasteiger partial charge is 0.211 e. The first-order valence-electron chi connectivity index (χ1n) is 3.08. The second kappa shape index (κ2) is 6.62. The molecule has 0 heterocycles. The zero-order chi connectivity index (χ0) is 8.53. The third kappa shape index (κ3) is 6.38. The molecular weight excluding hydrogens is 144 g/mol. The van der Waals surface area contributed by atoms with Gasteiger partial charge in [0, 0.05) is 0 Å². The molecule has 0 aromatic rings. The molecule has 0 fully saturated rings. The van der Waals surface area contributed by atoms with Crippen LogP contribution in [-0.2, 0) is 9.59 Å². The highest BCUT2D eigenvalue weighted by atomic mass is 16.1. The molecule has 58 valence electrons. The van der Waals surface area contributed by atoms with Gasteiger partial charge in [0.2, 0.25) is 12.2 Å². The zero-order valence-electron chi connectivity index (χ0n) is 6.15. The van der Waals surface area contributed by atoms with Gasteiger partial charge in [-0.05, 0) is 6.92 Å². The fourth-order valence-electron chi connectivity index (χ4n) is 0.474. The third-order valence-corrected chi connectivity index (χ3v) is 0.932. The number of hydrogen-bond acceptors (Lipinski definition) is 4. The normalized spacial score (nSPS) is 11.7. The lowest BCUT2D eigenvalue weighted by Gasteiger charge is -1.90. The first-order valence-corrected chi connectivity index (χ1v) is 3.08. The van der Waals surface area contributed by atoms with E-state index in [2.05, 4.69) is 9.98 Å². The van der Waals surface area contributed by atoms with Gasteiger partial charge in [0.25, 0.3) is 0 Å². The number of rotatable bonds is 4. The predicted octanol–water partition coefficient (Wildman–Crippen LogP) is 0.603. The first-order chi connectivity index (χ1) is 5.31. The van der Waals surface area contributed by atoms with Gasteiger partial charge < -0.3 is 0 Å². The Balaban J connectivity index is 3.72. The van der Waals surface area contributed by atoms with Crippen LogP contribution in [0.25, 0.3) is 0 Å². The maximum atomic E-state index is 9.69. The molecule has 1 atom stereocenters. The molecule has 0 rings (SSSR count). The fourth-order valence-corrected chi connectivity index (χ4v) is 0.474. The summed E-state index contributed by atoms with van der Waals surface area (Å²) in [6.45, 7) is 2.01. The quantitative estimate of drug-likeness (QED) is 0.336. The second-order valence-corrected chi connectivity index (χ2v) is 1.82. The molecular formula is C7H8N2O2. The second-order valence-electron chi connectivity index (χ2n) is 1.82. The third-order valence-electron chi connectivity index (χ3n) is 0.932. The van der Waals surface area contributed by atoms with Crippen LogP contribution >= 0.6 is 0 Å². The van der Waals surface area contributed by atoms with Crippen LogP contribution in [0, 0.1) is 0 Å². The number of hydrogen-bond donors (Lipinski definition) is 0. The minimum Gasteiger partial charge on any atom is -0.211 e. The Labute approximate surface area is 64.4 Å². The number of isocyanates is 2. The van der Waals surface area contributed by atoms with Crippen molar-refractivity contribution in [3.05, 3.63) is 12.2 Å². The summed E-state index contributed by atoms with van der Waals surface area (Å²) >= 11 is 0. The minimum atomic E-state index is -0.200. The molecule has 0 aromatic heterocycles. The van der Waals surface area contributed by atoms with Crippen LogP contribution in [0.5, 0.6) is 0 Å². The molecule has 0 amide bonds. The summed E-state index contributed by atoms with van der Waals surface area (Å²) in [5, 5.41) is 0. The van der Waals surface area contributed by atoms with Gasteiger partial charge in [-0.15, -0.1) is 0 Å². The van der Waals surface area contributed by atoms with Crippen LogP contribution in [-0.4, -0.2) is 24.7 Å². The summed E-state index contributed by atoms with van der Waals surface area (Å²) in [6.07, 6.45) is 6.11. The lowest BCUT2D eigenvalue weighted by Crippen LogP contribution is -1.90. The highest BCUT2D eigenvalue weighted by molar-refractivity contribution is 5.34. The van der Waals surface area contributed by atoms with E-state index in [1.165, 1.54) is 12.2 Å². The Hall–Kier alpha value is -1.50. The van der Waals surface area contributed by atoms with E-state index in [1.54, 1.807) is 19.1 Å². The summed E-state index contributed by atoms with van der Waals surface area (Å²) < 4.78 is 0. The van der Waals surface area contributed by atoms with E-state index in [9.17, 15) is 9.59 Å². The zero-order valence-corrected chi connectivity index (χ0v) is 6.15. The van der Waals surface area contributed by atoms with Crippen molar-refractivity contribution >= 4 is 12.2 Å². The molecule has 4 heteroatoms. The van der Waals surface area contributed by atoms with Gasteiger partial charge in [-0.3, -0.25) is 0 Å². The van der Waals surface area contributed by atoms with Crippen LogP contribution in [0.3, 0.4) is 0 Å². The van der Waals surface area contributed by atoms with Crippen LogP contribution in [0.1, 0.15) is 6.92 Å². The Bertz CT molecular complexity index is 223. The van der Waals surface area contributed by atoms with Gasteiger partial charge in [0.05, 0.1) is 12.6 Å². The van der Waals surface area contributed by atoms with Gasteiger partial charge in [-0.25, -0.2) is 14.6 Å². The van der Waals surface area contributed by atoms with E-state index in [-0.39, 0.29) is 12.6 Å². The predicted molar refractivity (Wildman–Crippen MR) is 39.7 cm³/mol. The van der Waals surface area contributed by atoms with E-state index < -0.39 is 0 Å². The van der Waals surface area contributed by atoms with Crippen LogP contribution in [0.2, 0.25) is 0 Å². The maximum Gasteiger partial charge on any atom is 0.235 e. The molecule has 0 radical (unpaired) electrons. The van der Waals surface area contributed by atoms with Crippen molar-refractivity contribution in [3.63, 3.8) is 0 Å². The molecule has 0 N–H and O–H groups in total. The van der Waals surface area contributed by atoms with E-state index in [0.717, 1.165) is 0 Å². The lowest BCUT2D eigenvalue weighted by atomic mass is 10.3. The molecule has 0 aliphatic heterocycles. The van der Waals surface area contributed by atoms with E-state index in [0.29, 0.717) is 0 Å². The highest BCUT2D eigenvalue weighted by Crippen LogP contribution is 1.89. The Morgan fingerprint density at radius 1 is 1.45 bits per heavy atom. The van der Waals surface area contributed by atoms with Gasteiger partial charge >= 0.3 is 0 Å². The van der Waals surface area contributed by atoms with Gasteiger partial charge in [-0.1, -0.05) is 12.2 Å². The maximum absolute atomic E-state index is 9.69. The fraction of sp³-hybridized carbons (Fsp3) is 0.429. The Kier molecular flexibility index (Phi) is 5.72.